The Kier molecular flexibility index (Phi) is 1.24. The lowest BCUT2D eigenvalue weighted by Gasteiger charge is -2.22. The largest absolute Gasteiger partial charge is 0.330 e. The molecule has 54 valence electrons. The Balaban J connectivity index is 2.41. The van der Waals surface area contributed by atoms with Crippen molar-refractivity contribution >= 4 is 0 Å². The van der Waals surface area contributed by atoms with Gasteiger partial charge in [-0.1, -0.05) is 0 Å². The summed E-state index contributed by atoms with van der Waals surface area (Å²) in [5.74, 6) is 1.15. The average Bonchev–Trinajstić information content (AvgIpc) is 2.36. The molecule has 3 nitrogen and oxygen atoms in total. The van der Waals surface area contributed by atoms with Gasteiger partial charge in [-0.05, 0) is 6.92 Å². The van der Waals surface area contributed by atoms with Crippen molar-refractivity contribution in [2.45, 2.75) is 19.5 Å². The van der Waals surface area contributed by atoms with E-state index in [0.717, 1.165) is 18.9 Å². The van der Waals surface area contributed by atoms with Crippen molar-refractivity contribution < 1.29 is 0 Å². The maximum atomic E-state index is 4.21. The van der Waals surface area contributed by atoms with Crippen LogP contribution in [-0.4, -0.2) is 16.1 Å². The van der Waals surface area contributed by atoms with Gasteiger partial charge >= 0.3 is 0 Å². The van der Waals surface area contributed by atoms with Crippen LogP contribution in [0.1, 0.15) is 18.8 Å². The summed E-state index contributed by atoms with van der Waals surface area (Å²) in [6, 6.07) is 0.561. The van der Waals surface area contributed by atoms with Gasteiger partial charge in [0.2, 0.25) is 0 Å². The highest BCUT2D eigenvalue weighted by atomic mass is 15.2. The van der Waals surface area contributed by atoms with Crippen LogP contribution in [0.15, 0.2) is 12.4 Å². The van der Waals surface area contributed by atoms with E-state index < -0.39 is 0 Å². The maximum absolute atomic E-state index is 4.21. The molecule has 0 radical (unpaired) electrons. The minimum Gasteiger partial charge on any atom is -0.330 e. The predicted octanol–water partition coefficient (Wildman–Crippen LogP) is 0.547. The molecule has 0 aromatic carbocycles. The molecule has 2 rings (SSSR count). The van der Waals surface area contributed by atoms with Crippen LogP contribution in [0.3, 0.4) is 0 Å². The van der Waals surface area contributed by atoms with Gasteiger partial charge in [0.25, 0.3) is 0 Å². The van der Waals surface area contributed by atoms with Gasteiger partial charge in [0.15, 0.2) is 0 Å². The summed E-state index contributed by atoms with van der Waals surface area (Å²) in [4.78, 5) is 4.21. The third-order valence-electron chi connectivity index (χ3n) is 1.95. The van der Waals surface area contributed by atoms with Crippen LogP contribution in [0.25, 0.3) is 0 Å². The Morgan fingerprint density at radius 2 is 2.70 bits per heavy atom. The second kappa shape index (κ2) is 2.09. The first-order valence-corrected chi connectivity index (χ1v) is 3.60. The van der Waals surface area contributed by atoms with E-state index in [0.29, 0.717) is 6.04 Å². The molecule has 1 aliphatic heterocycles. The normalized spacial score (nSPS) is 24.3. The molecule has 0 fully saturated rings. The second-order valence-electron chi connectivity index (χ2n) is 2.73. The molecule has 0 aliphatic carbocycles. The lowest BCUT2D eigenvalue weighted by molar-refractivity contribution is 0.421. The Bertz CT molecular complexity index is 229. The Labute approximate surface area is 60.1 Å². The van der Waals surface area contributed by atoms with Crippen molar-refractivity contribution in [1.29, 1.82) is 0 Å². The number of hydrogen-bond donors (Lipinski definition) is 1. The van der Waals surface area contributed by atoms with E-state index in [1.807, 2.05) is 12.4 Å². The zero-order valence-electron chi connectivity index (χ0n) is 6.04. The van der Waals surface area contributed by atoms with Crippen LogP contribution in [0.4, 0.5) is 0 Å². The van der Waals surface area contributed by atoms with Gasteiger partial charge in [0.05, 0.1) is 6.54 Å². The molecule has 1 aromatic rings. The SMILES string of the molecule is C[C@H]1CNCc2nccn21. The highest BCUT2D eigenvalue weighted by Gasteiger charge is 2.13. The van der Waals surface area contributed by atoms with E-state index >= 15 is 0 Å². The van der Waals surface area contributed by atoms with Crippen LogP contribution in [-0.2, 0) is 6.54 Å². The maximum Gasteiger partial charge on any atom is 0.122 e. The van der Waals surface area contributed by atoms with Gasteiger partial charge in [-0.25, -0.2) is 4.98 Å². The summed E-state index contributed by atoms with van der Waals surface area (Å²) in [5, 5.41) is 3.29. The summed E-state index contributed by atoms with van der Waals surface area (Å²) in [5.41, 5.74) is 0. The molecule has 3 heteroatoms. The molecule has 0 spiro atoms. The van der Waals surface area contributed by atoms with E-state index in [-0.39, 0.29) is 0 Å². The molecule has 1 N–H and O–H groups in total. The molecule has 1 aliphatic rings. The third-order valence-corrected chi connectivity index (χ3v) is 1.95. The van der Waals surface area contributed by atoms with Gasteiger partial charge < -0.3 is 9.88 Å². The molecule has 1 aromatic heterocycles. The van der Waals surface area contributed by atoms with Crippen LogP contribution in [0.2, 0.25) is 0 Å². The quantitative estimate of drug-likeness (QED) is 0.566. The molecule has 0 saturated carbocycles. The molecular weight excluding hydrogens is 126 g/mol. The molecule has 2 heterocycles. The van der Waals surface area contributed by atoms with E-state index in [1.54, 1.807) is 0 Å². The number of nitrogens with one attached hydrogen (secondary N) is 1. The smallest absolute Gasteiger partial charge is 0.122 e. The van der Waals surface area contributed by atoms with Gasteiger partial charge in [0.1, 0.15) is 5.82 Å². The molecule has 0 saturated heterocycles. The van der Waals surface area contributed by atoms with Gasteiger partial charge in [0, 0.05) is 25.0 Å². The topological polar surface area (TPSA) is 29.9 Å². The highest BCUT2D eigenvalue weighted by Crippen LogP contribution is 2.11. The van der Waals surface area contributed by atoms with Gasteiger partial charge in [-0.15, -0.1) is 0 Å². The molecule has 0 bridgehead atoms. The second-order valence-corrected chi connectivity index (χ2v) is 2.73. The van der Waals surface area contributed by atoms with Crippen molar-refractivity contribution in [2.24, 2.45) is 0 Å². The zero-order valence-corrected chi connectivity index (χ0v) is 6.04. The summed E-state index contributed by atoms with van der Waals surface area (Å²) in [6.45, 7) is 4.16. The number of hydrogen-bond acceptors (Lipinski definition) is 2. The van der Waals surface area contributed by atoms with E-state index in [4.69, 9.17) is 0 Å². The van der Waals surface area contributed by atoms with Crippen molar-refractivity contribution in [3.8, 4) is 0 Å². The average molecular weight is 137 g/mol. The first-order valence-electron chi connectivity index (χ1n) is 3.60. The number of aromatic nitrogens is 2. The van der Waals surface area contributed by atoms with Crippen molar-refractivity contribution in [3.05, 3.63) is 18.2 Å². The molecule has 0 amide bonds. The number of rotatable bonds is 0. The molecule has 0 unspecified atom stereocenters. The number of fused-ring (bicyclic) bond motifs is 1. The predicted molar refractivity (Wildman–Crippen MR) is 38.6 cm³/mol. The van der Waals surface area contributed by atoms with Crippen LogP contribution in [0, 0.1) is 0 Å². The van der Waals surface area contributed by atoms with Gasteiger partial charge in [-0.3, -0.25) is 0 Å². The molecule has 1 atom stereocenters. The van der Waals surface area contributed by atoms with Crippen molar-refractivity contribution in [3.63, 3.8) is 0 Å². The summed E-state index contributed by atoms with van der Waals surface area (Å²) in [6.07, 6.45) is 3.90. The summed E-state index contributed by atoms with van der Waals surface area (Å²) in [7, 11) is 0. The minimum absolute atomic E-state index is 0.561. The monoisotopic (exact) mass is 137 g/mol. The summed E-state index contributed by atoms with van der Waals surface area (Å²) >= 11 is 0. The fraction of sp³-hybridized carbons (Fsp3) is 0.571. The summed E-state index contributed by atoms with van der Waals surface area (Å²) < 4.78 is 2.22. The lowest BCUT2D eigenvalue weighted by atomic mass is 10.3. The Morgan fingerprint density at radius 1 is 1.80 bits per heavy atom. The van der Waals surface area contributed by atoms with E-state index in [1.165, 1.54) is 0 Å². The molecule has 10 heavy (non-hydrogen) atoms. The van der Waals surface area contributed by atoms with Crippen LogP contribution >= 0.6 is 0 Å². The van der Waals surface area contributed by atoms with E-state index in [9.17, 15) is 0 Å². The number of imidazole rings is 1. The van der Waals surface area contributed by atoms with Crippen molar-refractivity contribution in [1.82, 2.24) is 14.9 Å². The minimum atomic E-state index is 0.561. The number of nitrogens with zero attached hydrogens (tertiary/aromatic N) is 2. The zero-order chi connectivity index (χ0) is 6.97. The third kappa shape index (κ3) is 0.743. The fourth-order valence-electron chi connectivity index (χ4n) is 1.37. The molecular formula is C7H11N3. The van der Waals surface area contributed by atoms with Crippen molar-refractivity contribution in [2.75, 3.05) is 6.54 Å². The Hall–Kier alpha value is -0.830. The Morgan fingerprint density at radius 3 is 3.50 bits per heavy atom. The fourth-order valence-corrected chi connectivity index (χ4v) is 1.37. The van der Waals surface area contributed by atoms with Crippen LogP contribution < -0.4 is 5.32 Å². The first kappa shape index (κ1) is 5.92. The van der Waals surface area contributed by atoms with E-state index in [2.05, 4.69) is 21.8 Å². The van der Waals surface area contributed by atoms with Crippen LogP contribution in [0.5, 0.6) is 0 Å². The first-order chi connectivity index (χ1) is 4.88. The highest BCUT2D eigenvalue weighted by molar-refractivity contribution is 4.97. The lowest BCUT2D eigenvalue weighted by Crippen LogP contribution is -2.31. The van der Waals surface area contributed by atoms with Gasteiger partial charge in [-0.2, -0.15) is 0 Å². The standard InChI is InChI=1S/C7H11N3/c1-6-4-8-5-7-9-2-3-10(6)7/h2-3,6,8H,4-5H2,1H3/t6-/m0/s1.